The van der Waals surface area contributed by atoms with Gasteiger partial charge in [0.15, 0.2) is 0 Å². The summed E-state index contributed by atoms with van der Waals surface area (Å²) in [6.45, 7) is 9.08. The van der Waals surface area contributed by atoms with E-state index in [-0.39, 0.29) is 0 Å². The molecule has 2 rings (SSSR count). The predicted molar refractivity (Wildman–Crippen MR) is 74.5 cm³/mol. The van der Waals surface area contributed by atoms with Crippen LogP contribution in [0.15, 0.2) is 0 Å². The number of ketones is 1. The molecule has 1 aliphatic carbocycles. The molecule has 0 amide bonds. The Kier molecular flexibility index (Phi) is 4.19. The highest BCUT2D eigenvalue weighted by Crippen LogP contribution is 2.37. The Morgan fingerprint density at radius 2 is 2.24 bits per heavy atom. The summed E-state index contributed by atoms with van der Waals surface area (Å²) in [6.07, 6.45) is 2.96. The van der Waals surface area contributed by atoms with Crippen LogP contribution in [0.4, 0.5) is 0 Å². The van der Waals surface area contributed by atoms with Crippen molar-refractivity contribution in [2.45, 2.75) is 46.1 Å². The van der Waals surface area contributed by atoms with Gasteiger partial charge in [-0.15, -0.1) is 0 Å². The number of Topliss-reactive ketones (excluding diaryl/α,β-unsaturated/α-hetero) is 1. The molecule has 1 saturated heterocycles. The van der Waals surface area contributed by atoms with E-state index < -0.39 is 0 Å². The molecule has 0 aromatic heterocycles. The molecule has 2 aliphatic rings. The number of carbonyl (C=O) groups excluding carboxylic acids is 1. The zero-order chi connectivity index (χ0) is 12.5. The summed E-state index contributed by atoms with van der Waals surface area (Å²) in [4.78, 5) is 14.6. The van der Waals surface area contributed by atoms with Crippen molar-refractivity contribution >= 4 is 17.5 Å². The van der Waals surface area contributed by atoms with Gasteiger partial charge >= 0.3 is 0 Å². The van der Waals surface area contributed by atoms with Gasteiger partial charge < -0.3 is 0 Å². The fourth-order valence-electron chi connectivity index (χ4n) is 3.03. The summed E-state index contributed by atoms with van der Waals surface area (Å²) < 4.78 is 0. The first-order valence-electron chi connectivity index (χ1n) is 6.82. The van der Waals surface area contributed by atoms with Crippen LogP contribution in [-0.2, 0) is 4.79 Å². The van der Waals surface area contributed by atoms with Crippen molar-refractivity contribution in [3.63, 3.8) is 0 Å². The first-order chi connectivity index (χ1) is 7.98. The molecule has 3 heteroatoms. The number of hydrogen-bond donors (Lipinski definition) is 0. The highest BCUT2D eigenvalue weighted by atomic mass is 32.2. The zero-order valence-corrected chi connectivity index (χ0v) is 12.2. The Balaban J connectivity index is 1.94. The molecule has 0 spiro atoms. The third-order valence-corrected chi connectivity index (χ3v) is 5.45. The van der Waals surface area contributed by atoms with Crippen molar-refractivity contribution in [3.05, 3.63) is 0 Å². The predicted octanol–water partition coefficient (Wildman–Crippen LogP) is 2.82. The fourth-order valence-corrected chi connectivity index (χ4v) is 4.11. The zero-order valence-electron chi connectivity index (χ0n) is 11.4. The third-order valence-electron chi connectivity index (χ3n) is 4.26. The molecule has 0 bridgehead atoms. The number of hydrogen-bond acceptors (Lipinski definition) is 3. The summed E-state index contributed by atoms with van der Waals surface area (Å²) in [7, 11) is 0. The van der Waals surface area contributed by atoms with E-state index in [4.69, 9.17) is 0 Å². The summed E-state index contributed by atoms with van der Waals surface area (Å²) in [5, 5.41) is 0. The molecule has 1 heterocycles. The second kappa shape index (κ2) is 5.31. The SMILES string of the molecule is CC1CSCCN1CC1CC(C)(C)CCC1=O. The second-order valence-corrected chi connectivity index (χ2v) is 7.60. The van der Waals surface area contributed by atoms with Crippen LogP contribution in [0.2, 0.25) is 0 Å². The van der Waals surface area contributed by atoms with Gasteiger partial charge in [-0.2, -0.15) is 11.8 Å². The molecule has 1 aliphatic heterocycles. The third kappa shape index (κ3) is 3.47. The van der Waals surface area contributed by atoms with E-state index in [1.54, 1.807) is 0 Å². The number of carbonyl (C=O) groups is 1. The molecule has 2 unspecified atom stereocenters. The van der Waals surface area contributed by atoms with E-state index in [0.717, 1.165) is 32.4 Å². The van der Waals surface area contributed by atoms with Crippen molar-refractivity contribution in [1.82, 2.24) is 4.90 Å². The maximum absolute atomic E-state index is 12.0. The normalized spacial score (nSPS) is 34.9. The van der Waals surface area contributed by atoms with Gasteiger partial charge in [-0.05, 0) is 25.2 Å². The summed E-state index contributed by atoms with van der Waals surface area (Å²) in [5.41, 5.74) is 0.367. The van der Waals surface area contributed by atoms with Gasteiger partial charge in [-0.1, -0.05) is 13.8 Å². The molecule has 0 aromatic carbocycles. The Morgan fingerprint density at radius 1 is 1.47 bits per heavy atom. The second-order valence-electron chi connectivity index (χ2n) is 6.45. The van der Waals surface area contributed by atoms with Gasteiger partial charge in [0.1, 0.15) is 5.78 Å². The number of nitrogens with zero attached hydrogens (tertiary/aromatic N) is 1. The lowest BCUT2D eigenvalue weighted by atomic mass is 9.71. The Hall–Kier alpha value is -0.0200. The standard InChI is InChI=1S/C14H25NOS/c1-11-10-17-7-6-15(11)9-12-8-14(2,3)5-4-13(12)16/h11-12H,4-10H2,1-3H3. The minimum Gasteiger partial charge on any atom is -0.299 e. The fraction of sp³-hybridized carbons (Fsp3) is 0.929. The van der Waals surface area contributed by atoms with Gasteiger partial charge in [0.25, 0.3) is 0 Å². The maximum atomic E-state index is 12.0. The molecular formula is C14H25NOS. The topological polar surface area (TPSA) is 20.3 Å². The molecule has 0 N–H and O–H groups in total. The highest BCUT2D eigenvalue weighted by Gasteiger charge is 2.35. The van der Waals surface area contributed by atoms with Crippen molar-refractivity contribution in [3.8, 4) is 0 Å². The Labute approximate surface area is 110 Å². The Bertz CT molecular complexity index is 290. The molecule has 98 valence electrons. The van der Waals surface area contributed by atoms with Crippen LogP contribution in [0, 0.1) is 11.3 Å². The smallest absolute Gasteiger partial charge is 0.137 e. The summed E-state index contributed by atoms with van der Waals surface area (Å²) in [5.74, 6) is 3.26. The van der Waals surface area contributed by atoms with E-state index in [2.05, 4.69) is 25.7 Å². The molecule has 17 heavy (non-hydrogen) atoms. The Morgan fingerprint density at radius 3 is 2.94 bits per heavy atom. The van der Waals surface area contributed by atoms with Crippen LogP contribution in [0.5, 0.6) is 0 Å². The highest BCUT2D eigenvalue weighted by molar-refractivity contribution is 7.99. The van der Waals surface area contributed by atoms with Crippen LogP contribution < -0.4 is 0 Å². The van der Waals surface area contributed by atoms with Gasteiger partial charge in [0.05, 0.1) is 0 Å². The average molecular weight is 255 g/mol. The lowest BCUT2D eigenvalue weighted by Gasteiger charge is -2.40. The van der Waals surface area contributed by atoms with Crippen LogP contribution in [-0.4, -0.2) is 41.3 Å². The minimum atomic E-state index is 0.296. The van der Waals surface area contributed by atoms with Crippen LogP contribution >= 0.6 is 11.8 Å². The molecule has 2 atom stereocenters. The molecule has 0 aromatic rings. The van der Waals surface area contributed by atoms with Gasteiger partial charge in [0, 0.05) is 43.0 Å². The first kappa shape index (κ1) is 13.4. The molecule has 2 fully saturated rings. The number of rotatable bonds is 2. The van der Waals surface area contributed by atoms with E-state index in [9.17, 15) is 4.79 Å². The van der Waals surface area contributed by atoms with Crippen molar-refractivity contribution in [1.29, 1.82) is 0 Å². The van der Waals surface area contributed by atoms with Gasteiger partial charge in [0.2, 0.25) is 0 Å². The van der Waals surface area contributed by atoms with Crippen molar-refractivity contribution < 1.29 is 4.79 Å². The summed E-state index contributed by atoms with van der Waals surface area (Å²) in [6, 6.07) is 0.645. The van der Waals surface area contributed by atoms with Gasteiger partial charge in [-0.3, -0.25) is 9.69 Å². The van der Waals surface area contributed by atoms with Crippen LogP contribution in [0.3, 0.4) is 0 Å². The first-order valence-corrected chi connectivity index (χ1v) is 7.98. The maximum Gasteiger partial charge on any atom is 0.137 e. The number of thioether (sulfide) groups is 1. The monoisotopic (exact) mass is 255 g/mol. The van der Waals surface area contributed by atoms with E-state index >= 15 is 0 Å². The van der Waals surface area contributed by atoms with Gasteiger partial charge in [-0.25, -0.2) is 0 Å². The van der Waals surface area contributed by atoms with E-state index in [0.29, 0.717) is 23.2 Å². The van der Waals surface area contributed by atoms with Crippen LogP contribution in [0.25, 0.3) is 0 Å². The lowest BCUT2D eigenvalue weighted by molar-refractivity contribution is -0.127. The largest absolute Gasteiger partial charge is 0.299 e. The summed E-state index contributed by atoms with van der Waals surface area (Å²) >= 11 is 2.04. The molecular weight excluding hydrogens is 230 g/mol. The lowest BCUT2D eigenvalue weighted by Crippen LogP contribution is -2.46. The molecule has 0 radical (unpaired) electrons. The van der Waals surface area contributed by atoms with Crippen LogP contribution in [0.1, 0.15) is 40.0 Å². The average Bonchev–Trinajstić information content (AvgIpc) is 2.26. The van der Waals surface area contributed by atoms with E-state index in [1.165, 1.54) is 11.5 Å². The quantitative estimate of drug-likeness (QED) is 0.757. The molecule has 2 nitrogen and oxygen atoms in total. The van der Waals surface area contributed by atoms with Crippen molar-refractivity contribution in [2.75, 3.05) is 24.6 Å². The minimum absolute atomic E-state index is 0.296. The molecule has 1 saturated carbocycles. The van der Waals surface area contributed by atoms with E-state index in [1.807, 2.05) is 11.8 Å². The van der Waals surface area contributed by atoms with Crippen molar-refractivity contribution in [2.24, 2.45) is 11.3 Å².